The predicted molar refractivity (Wildman–Crippen MR) is 25.6 cm³/mol. The first-order valence-corrected chi connectivity index (χ1v) is 2.04. The van der Waals surface area contributed by atoms with Crippen LogP contribution in [0.25, 0.3) is 0 Å². The van der Waals surface area contributed by atoms with E-state index in [-0.39, 0.29) is 0 Å². The minimum atomic E-state index is 0.905. The number of hydrogen-bond acceptors (Lipinski definition) is 2. The lowest BCUT2D eigenvalue weighted by atomic mass is 10.5. The highest BCUT2D eigenvalue weighted by atomic mass is 14.7. The van der Waals surface area contributed by atoms with Crippen molar-refractivity contribution >= 4 is 0 Å². The van der Waals surface area contributed by atoms with Crippen molar-refractivity contribution in [3.63, 3.8) is 0 Å². The summed E-state index contributed by atoms with van der Waals surface area (Å²) in [7, 11) is 0. The van der Waals surface area contributed by atoms with E-state index in [0.29, 0.717) is 0 Å². The van der Waals surface area contributed by atoms with Crippen molar-refractivity contribution in [2.24, 2.45) is 0 Å². The third-order valence-electron chi connectivity index (χ3n) is 0.635. The van der Waals surface area contributed by atoms with Crippen LogP contribution in [0.15, 0.2) is 12.4 Å². The van der Waals surface area contributed by atoms with Crippen LogP contribution in [0.5, 0.6) is 0 Å². The Kier molecular flexibility index (Phi) is 1.02. The summed E-state index contributed by atoms with van der Waals surface area (Å²) in [4.78, 5) is 7.56. The molecule has 1 heterocycles. The van der Waals surface area contributed by atoms with E-state index in [9.17, 15) is 0 Å². The average molecular weight is 93.1 g/mol. The van der Waals surface area contributed by atoms with Gasteiger partial charge in [0.1, 0.15) is 6.20 Å². The van der Waals surface area contributed by atoms with E-state index in [0.717, 1.165) is 5.69 Å². The van der Waals surface area contributed by atoms with Crippen LogP contribution in [0, 0.1) is 13.1 Å². The predicted octanol–water partition coefficient (Wildman–Crippen LogP) is 0.585. The second-order valence-electron chi connectivity index (χ2n) is 1.29. The van der Waals surface area contributed by atoms with E-state index in [2.05, 4.69) is 16.2 Å². The first-order valence-electron chi connectivity index (χ1n) is 2.04. The highest BCUT2D eigenvalue weighted by Crippen LogP contribution is 1.80. The van der Waals surface area contributed by atoms with Gasteiger partial charge in [-0.05, 0) is 6.92 Å². The summed E-state index contributed by atoms with van der Waals surface area (Å²) in [5.41, 5.74) is 0.905. The topological polar surface area (TPSA) is 25.8 Å². The Morgan fingerprint density at radius 3 is 2.86 bits per heavy atom. The fourth-order valence-corrected chi connectivity index (χ4v) is 0.338. The summed E-state index contributed by atoms with van der Waals surface area (Å²) < 4.78 is 0. The summed E-state index contributed by atoms with van der Waals surface area (Å²) in [6.07, 6.45) is 5.83. The third kappa shape index (κ3) is 0.961. The maximum Gasteiger partial charge on any atom is 0.109 e. The molecule has 0 saturated carbocycles. The van der Waals surface area contributed by atoms with Crippen LogP contribution in [0.3, 0.4) is 0 Å². The van der Waals surface area contributed by atoms with E-state index in [1.165, 1.54) is 6.20 Å². The fourth-order valence-electron chi connectivity index (χ4n) is 0.338. The molecule has 2 nitrogen and oxygen atoms in total. The SMILES string of the molecule is Cc1cnc[c]n1. The largest absolute Gasteiger partial charge is 0.261 e. The smallest absolute Gasteiger partial charge is 0.109 e. The maximum absolute atomic E-state index is 3.79. The fraction of sp³-hybridized carbons (Fsp3) is 0.200. The van der Waals surface area contributed by atoms with Crippen LogP contribution in [0.4, 0.5) is 0 Å². The second kappa shape index (κ2) is 1.69. The first kappa shape index (κ1) is 4.24. The van der Waals surface area contributed by atoms with Crippen LogP contribution in [0.2, 0.25) is 0 Å². The molecule has 0 fully saturated rings. The average Bonchev–Trinajstić information content (AvgIpc) is 1.69. The molecule has 2 heteroatoms. The molecule has 0 aromatic carbocycles. The van der Waals surface area contributed by atoms with Crippen molar-refractivity contribution < 1.29 is 0 Å². The van der Waals surface area contributed by atoms with Crippen molar-refractivity contribution in [2.45, 2.75) is 6.92 Å². The zero-order valence-corrected chi connectivity index (χ0v) is 4.05. The molecule has 0 bridgehead atoms. The lowest BCUT2D eigenvalue weighted by Gasteiger charge is -1.80. The van der Waals surface area contributed by atoms with Crippen LogP contribution in [-0.4, -0.2) is 9.97 Å². The first-order chi connectivity index (χ1) is 3.39. The molecular formula is C5H5N2. The van der Waals surface area contributed by atoms with E-state index >= 15 is 0 Å². The zero-order chi connectivity index (χ0) is 5.11. The summed E-state index contributed by atoms with van der Waals surface area (Å²) >= 11 is 0. The van der Waals surface area contributed by atoms with Crippen molar-refractivity contribution in [3.8, 4) is 0 Å². The van der Waals surface area contributed by atoms with Gasteiger partial charge in [0.15, 0.2) is 0 Å². The molecular weight excluding hydrogens is 88.1 g/mol. The van der Waals surface area contributed by atoms with Crippen molar-refractivity contribution in [1.29, 1.82) is 0 Å². The normalized spacial score (nSPS) is 8.71. The summed E-state index contributed by atoms with van der Waals surface area (Å²) in [5.74, 6) is 0. The minimum Gasteiger partial charge on any atom is -0.261 e. The molecule has 0 unspecified atom stereocenters. The molecule has 1 rings (SSSR count). The molecule has 0 spiro atoms. The molecule has 0 amide bonds. The molecule has 0 aliphatic rings. The van der Waals surface area contributed by atoms with Gasteiger partial charge in [0.2, 0.25) is 0 Å². The number of nitrogens with zero attached hydrogens (tertiary/aromatic N) is 2. The van der Waals surface area contributed by atoms with E-state index in [1.54, 1.807) is 6.20 Å². The molecule has 0 aliphatic carbocycles. The molecule has 0 atom stereocenters. The van der Waals surface area contributed by atoms with Crippen molar-refractivity contribution in [1.82, 2.24) is 9.97 Å². The Morgan fingerprint density at radius 2 is 2.57 bits per heavy atom. The summed E-state index contributed by atoms with van der Waals surface area (Å²) in [6, 6.07) is 0. The summed E-state index contributed by atoms with van der Waals surface area (Å²) in [6.45, 7) is 1.88. The van der Waals surface area contributed by atoms with Crippen LogP contribution in [0.1, 0.15) is 5.69 Å². The van der Waals surface area contributed by atoms with Crippen LogP contribution >= 0.6 is 0 Å². The number of aromatic nitrogens is 2. The standard InChI is InChI=1S/C5H5N2/c1-5-4-6-2-3-7-5/h2,4H,1H3. The Balaban J connectivity index is 3.02. The van der Waals surface area contributed by atoms with E-state index < -0.39 is 0 Å². The Bertz CT molecular complexity index is 136. The van der Waals surface area contributed by atoms with Gasteiger partial charge in [-0.15, -0.1) is 0 Å². The van der Waals surface area contributed by atoms with E-state index in [4.69, 9.17) is 0 Å². The van der Waals surface area contributed by atoms with Gasteiger partial charge in [0.05, 0.1) is 11.9 Å². The summed E-state index contributed by atoms with van der Waals surface area (Å²) in [5, 5.41) is 0. The van der Waals surface area contributed by atoms with Gasteiger partial charge in [-0.25, -0.2) is 4.98 Å². The van der Waals surface area contributed by atoms with Gasteiger partial charge >= 0.3 is 0 Å². The zero-order valence-electron chi connectivity index (χ0n) is 4.05. The third-order valence-corrected chi connectivity index (χ3v) is 0.635. The Morgan fingerprint density at radius 1 is 1.71 bits per heavy atom. The second-order valence-corrected chi connectivity index (χ2v) is 1.29. The molecule has 1 radical (unpaired) electrons. The van der Waals surface area contributed by atoms with Gasteiger partial charge in [0, 0.05) is 6.20 Å². The van der Waals surface area contributed by atoms with Gasteiger partial charge in [0.25, 0.3) is 0 Å². The Hall–Kier alpha value is -0.920. The Labute approximate surface area is 42.2 Å². The van der Waals surface area contributed by atoms with Crippen LogP contribution < -0.4 is 0 Å². The van der Waals surface area contributed by atoms with Gasteiger partial charge < -0.3 is 0 Å². The molecule has 0 saturated heterocycles. The molecule has 1 aromatic rings. The van der Waals surface area contributed by atoms with Gasteiger partial charge in [-0.1, -0.05) is 0 Å². The van der Waals surface area contributed by atoms with Crippen molar-refractivity contribution in [3.05, 3.63) is 24.3 Å². The number of rotatable bonds is 0. The van der Waals surface area contributed by atoms with E-state index in [1.807, 2.05) is 6.92 Å². The number of hydrogen-bond donors (Lipinski definition) is 0. The lowest BCUT2D eigenvalue weighted by Crippen LogP contribution is -1.78. The maximum atomic E-state index is 3.79. The van der Waals surface area contributed by atoms with Gasteiger partial charge in [-0.2, -0.15) is 0 Å². The van der Waals surface area contributed by atoms with Gasteiger partial charge in [-0.3, -0.25) is 4.98 Å². The van der Waals surface area contributed by atoms with Crippen molar-refractivity contribution in [2.75, 3.05) is 0 Å². The lowest BCUT2D eigenvalue weighted by molar-refractivity contribution is 1.11. The number of aryl methyl sites for hydroxylation is 1. The molecule has 7 heavy (non-hydrogen) atoms. The molecule has 0 N–H and O–H groups in total. The quantitative estimate of drug-likeness (QED) is 0.469. The molecule has 1 aromatic heterocycles. The van der Waals surface area contributed by atoms with Crippen LogP contribution in [-0.2, 0) is 0 Å². The minimum absolute atomic E-state index is 0.905. The molecule has 0 aliphatic heterocycles. The highest BCUT2D eigenvalue weighted by Gasteiger charge is 1.75. The monoisotopic (exact) mass is 93.0 g/mol. The molecule has 35 valence electrons. The highest BCUT2D eigenvalue weighted by molar-refractivity contribution is 4.87.